The van der Waals surface area contributed by atoms with E-state index in [0.29, 0.717) is 10.6 Å². The van der Waals surface area contributed by atoms with Crippen LogP contribution < -0.4 is 10.6 Å². The van der Waals surface area contributed by atoms with Crippen LogP contribution in [0.3, 0.4) is 0 Å². The molecule has 0 saturated heterocycles. The Balaban J connectivity index is 2.26. The zero-order valence-electron chi connectivity index (χ0n) is 15.8. The van der Waals surface area contributed by atoms with Crippen LogP contribution in [0.15, 0.2) is 18.3 Å². The number of rotatable bonds is 7. The van der Waals surface area contributed by atoms with Gasteiger partial charge in [0.25, 0.3) is 5.69 Å². The third kappa shape index (κ3) is 5.45. The van der Waals surface area contributed by atoms with Crippen molar-refractivity contribution in [3.63, 3.8) is 0 Å². The third-order valence-electron chi connectivity index (χ3n) is 3.51. The van der Waals surface area contributed by atoms with E-state index < -0.39 is 16.9 Å². The van der Waals surface area contributed by atoms with Crippen LogP contribution in [0, 0.1) is 17.0 Å². The van der Waals surface area contributed by atoms with E-state index in [1.165, 1.54) is 12.1 Å². The standard InChI is InChI=1S/C17H18N4O6S2/c1-4-26-15(22)12-9(3)13(16(23)27-5-2)29-14(12)20-17(28)19-11-7-6-10(8-18-11)21(24)25/h6-8H,4-5H2,1-3H3,(H2,18,19,20,28). The van der Waals surface area contributed by atoms with Crippen LogP contribution in [0.5, 0.6) is 0 Å². The molecular formula is C17H18N4O6S2. The Labute approximate surface area is 175 Å². The molecule has 0 aliphatic rings. The van der Waals surface area contributed by atoms with Crippen LogP contribution in [0.2, 0.25) is 0 Å². The van der Waals surface area contributed by atoms with Gasteiger partial charge < -0.3 is 20.1 Å². The first-order valence-corrected chi connectivity index (χ1v) is 9.67. The summed E-state index contributed by atoms with van der Waals surface area (Å²) in [5, 5.41) is 16.7. The van der Waals surface area contributed by atoms with Crippen LogP contribution in [-0.2, 0) is 9.47 Å². The highest BCUT2D eigenvalue weighted by atomic mass is 32.1. The summed E-state index contributed by atoms with van der Waals surface area (Å²) in [6.07, 6.45) is 1.09. The van der Waals surface area contributed by atoms with E-state index in [4.69, 9.17) is 21.7 Å². The van der Waals surface area contributed by atoms with Crippen molar-refractivity contribution in [1.29, 1.82) is 0 Å². The van der Waals surface area contributed by atoms with Gasteiger partial charge in [-0.15, -0.1) is 11.3 Å². The van der Waals surface area contributed by atoms with Gasteiger partial charge in [-0.3, -0.25) is 10.1 Å². The number of nitro groups is 1. The fraction of sp³-hybridized carbons (Fsp3) is 0.294. The minimum absolute atomic E-state index is 0.0774. The Kier molecular flexibility index (Phi) is 7.56. The van der Waals surface area contributed by atoms with E-state index in [9.17, 15) is 19.7 Å². The summed E-state index contributed by atoms with van der Waals surface area (Å²) in [5.74, 6) is -0.884. The molecule has 0 amide bonds. The molecule has 12 heteroatoms. The summed E-state index contributed by atoms with van der Waals surface area (Å²) in [4.78, 5) is 38.8. The number of anilines is 2. The van der Waals surface area contributed by atoms with Crippen LogP contribution >= 0.6 is 23.6 Å². The summed E-state index contributed by atoms with van der Waals surface area (Å²) < 4.78 is 10.1. The number of nitrogens with one attached hydrogen (secondary N) is 2. The van der Waals surface area contributed by atoms with Gasteiger partial charge in [0.1, 0.15) is 21.9 Å². The van der Waals surface area contributed by atoms with Crippen molar-refractivity contribution in [3.05, 3.63) is 44.4 Å². The van der Waals surface area contributed by atoms with Gasteiger partial charge >= 0.3 is 11.9 Å². The molecular weight excluding hydrogens is 420 g/mol. The number of hydrogen-bond acceptors (Lipinski definition) is 9. The van der Waals surface area contributed by atoms with E-state index in [-0.39, 0.29) is 40.3 Å². The predicted molar refractivity (Wildman–Crippen MR) is 112 cm³/mol. The predicted octanol–water partition coefficient (Wildman–Crippen LogP) is 3.52. The average molecular weight is 438 g/mol. The lowest BCUT2D eigenvalue weighted by Gasteiger charge is -2.10. The molecule has 2 aromatic rings. The molecule has 10 nitrogen and oxygen atoms in total. The second-order valence-electron chi connectivity index (χ2n) is 5.44. The maximum atomic E-state index is 12.4. The first-order valence-electron chi connectivity index (χ1n) is 8.44. The quantitative estimate of drug-likeness (QED) is 0.286. The molecule has 0 saturated carbocycles. The van der Waals surface area contributed by atoms with Gasteiger partial charge in [-0.05, 0) is 44.6 Å². The monoisotopic (exact) mass is 438 g/mol. The number of nitrogens with zero attached hydrogens (tertiary/aromatic N) is 2. The zero-order valence-corrected chi connectivity index (χ0v) is 17.4. The molecule has 154 valence electrons. The van der Waals surface area contributed by atoms with Gasteiger partial charge in [0.15, 0.2) is 5.11 Å². The Morgan fingerprint density at radius 2 is 1.86 bits per heavy atom. The van der Waals surface area contributed by atoms with Crippen LogP contribution in [0.1, 0.15) is 39.4 Å². The highest BCUT2D eigenvalue weighted by molar-refractivity contribution is 7.80. The lowest BCUT2D eigenvalue weighted by Crippen LogP contribution is -2.20. The summed E-state index contributed by atoms with van der Waals surface area (Å²) in [5.41, 5.74) is 0.443. The van der Waals surface area contributed by atoms with Crippen molar-refractivity contribution in [2.75, 3.05) is 23.8 Å². The number of carbonyl (C=O) groups is 2. The van der Waals surface area contributed by atoms with Gasteiger partial charge in [0, 0.05) is 6.07 Å². The molecule has 0 bridgehead atoms. The highest BCUT2D eigenvalue weighted by Crippen LogP contribution is 2.34. The molecule has 2 heterocycles. The summed E-state index contributed by atoms with van der Waals surface area (Å²) in [7, 11) is 0. The molecule has 2 aromatic heterocycles. The number of hydrogen-bond donors (Lipinski definition) is 2. The number of thiophene rings is 1. The SMILES string of the molecule is CCOC(=O)c1sc(NC(=S)Nc2ccc([N+](=O)[O-])cn2)c(C(=O)OCC)c1C. The van der Waals surface area contributed by atoms with Crippen molar-refractivity contribution < 1.29 is 24.0 Å². The fourth-order valence-electron chi connectivity index (χ4n) is 2.26. The Bertz CT molecular complexity index is 942. The van der Waals surface area contributed by atoms with E-state index >= 15 is 0 Å². The van der Waals surface area contributed by atoms with Gasteiger partial charge in [0.05, 0.1) is 23.7 Å². The molecule has 29 heavy (non-hydrogen) atoms. The van der Waals surface area contributed by atoms with Crippen LogP contribution in [-0.4, -0.2) is 40.2 Å². The molecule has 2 rings (SSSR count). The van der Waals surface area contributed by atoms with E-state index in [1.54, 1.807) is 20.8 Å². The Morgan fingerprint density at radius 3 is 2.41 bits per heavy atom. The summed E-state index contributed by atoms with van der Waals surface area (Å²) >= 11 is 6.23. The van der Waals surface area contributed by atoms with E-state index in [1.807, 2.05) is 0 Å². The lowest BCUT2D eigenvalue weighted by molar-refractivity contribution is -0.385. The number of ether oxygens (including phenoxy) is 2. The topological polar surface area (TPSA) is 133 Å². The van der Waals surface area contributed by atoms with Crippen molar-refractivity contribution in [2.24, 2.45) is 0 Å². The first-order chi connectivity index (χ1) is 13.8. The smallest absolute Gasteiger partial charge is 0.348 e. The molecule has 0 aromatic carbocycles. The molecule has 0 radical (unpaired) electrons. The first kappa shape index (κ1) is 22.2. The fourth-order valence-corrected chi connectivity index (χ4v) is 3.62. The van der Waals surface area contributed by atoms with Crippen molar-refractivity contribution in [2.45, 2.75) is 20.8 Å². The van der Waals surface area contributed by atoms with Gasteiger partial charge in [-0.25, -0.2) is 14.6 Å². The van der Waals surface area contributed by atoms with Gasteiger partial charge in [-0.1, -0.05) is 0 Å². The van der Waals surface area contributed by atoms with Crippen molar-refractivity contribution in [1.82, 2.24) is 4.98 Å². The summed E-state index contributed by atoms with van der Waals surface area (Å²) in [6.45, 7) is 5.33. The largest absolute Gasteiger partial charge is 0.462 e. The van der Waals surface area contributed by atoms with Crippen LogP contribution in [0.25, 0.3) is 0 Å². The lowest BCUT2D eigenvalue weighted by atomic mass is 10.1. The van der Waals surface area contributed by atoms with Gasteiger partial charge in [0.2, 0.25) is 0 Å². The maximum absolute atomic E-state index is 12.4. The number of aromatic nitrogens is 1. The van der Waals surface area contributed by atoms with Crippen molar-refractivity contribution >= 4 is 57.1 Å². The average Bonchev–Trinajstić information content (AvgIpc) is 2.98. The number of esters is 2. The molecule has 0 spiro atoms. The minimum Gasteiger partial charge on any atom is -0.462 e. The number of pyridine rings is 1. The highest BCUT2D eigenvalue weighted by Gasteiger charge is 2.26. The third-order valence-corrected chi connectivity index (χ3v) is 4.91. The number of thiocarbonyl (C=S) groups is 1. The van der Waals surface area contributed by atoms with Crippen LogP contribution in [0.4, 0.5) is 16.5 Å². The Hall–Kier alpha value is -3.12. The minimum atomic E-state index is -0.601. The molecule has 2 N–H and O–H groups in total. The van der Waals surface area contributed by atoms with E-state index in [0.717, 1.165) is 17.5 Å². The summed E-state index contributed by atoms with van der Waals surface area (Å²) in [6, 6.07) is 2.66. The van der Waals surface area contributed by atoms with Gasteiger partial charge in [-0.2, -0.15) is 0 Å². The van der Waals surface area contributed by atoms with E-state index in [2.05, 4.69) is 15.6 Å². The normalized spacial score (nSPS) is 10.2. The zero-order chi connectivity index (χ0) is 21.6. The van der Waals surface area contributed by atoms with Crippen molar-refractivity contribution in [3.8, 4) is 0 Å². The second kappa shape index (κ2) is 9.89. The molecule has 0 aliphatic carbocycles. The maximum Gasteiger partial charge on any atom is 0.348 e. The molecule has 0 unspecified atom stereocenters. The Morgan fingerprint density at radius 1 is 1.21 bits per heavy atom. The molecule has 0 atom stereocenters. The number of carbonyl (C=O) groups excluding carboxylic acids is 2. The molecule has 0 fully saturated rings. The molecule has 0 aliphatic heterocycles. The second-order valence-corrected chi connectivity index (χ2v) is 6.87.